The Morgan fingerprint density at radius 3 is 2.36 bits per heavy atom. The zero-order chi connectivity index (χ0) is 17.3. The standard InChI is InChI=1S/C15H27N3O4/c1-8-21-13(19)12(16-6)11(2)18(7)10-9-17-14(20)22-15(3,4)5/h6,8-10H2,1-5,7H3,(H,17,20)/b12-11-. The van der Waals surface area contributed by atoms with Crippen molar-refractivity contribution < 1.29 is 19.1 Å². The summed E-state index contributed by atoms with van der Waals surface area (Å²) >= 11 is 0. The Bertz CT molecular complexity index is 439. The number of rotatable bonds is 7. The van der Waals surface area contributed by atoms with Gasteiger partial charge in [-0.3, -0.25) is 4.99 Å². The molecule has 0 saturated heterocycles. The van der Waals surface area contributed by atoms with E-state index in [2.05, 4.69) is 17.0 Å². The largest absolute Gasteiger partial charge is 0.461 e. The lowest BCUT2D eigenvalue weighted by atomic mass is 10.2. The number of nitrogens with one attached hydrogen (secondary N) is 1. The van der Waals surface area contributed by atoms with Crippen molar-refractivity contribution in [2.24, 2.45) is 4.99 Å². The third-order valence-corrected chi connectivity index (χ3v) is 2.66. The van der Waals surface area contributed by atoms with E-state index in [0.29, 0.717) is 18.8 Å². The molecule has 0 spiro atoms. The molecule has 0 radical (unpaired) electrons. The zero-order valence-corrected chi connectivity index (χ0v) is 14.4. The molecule has 0 atom stereocenters. The summed E-state index contributed by atoms with van der Waals surface area (Å²) < 4.78 is 10.1. The van der Waals surface area contributed by atoms with Gasteiger partial charge in [-0.2, -0.15) is 0 Å². The van der Waals surface area contributed by atoms with E-state index in [4.69, 9.17) is 9.47 Å². The highest BCUT2D eigenvalue weighted by molar-refractivity contribution is 5.89. The molecule has 0 heterocycles. The van der Waals surface area contributed by atoms with Crippen molar-refractivity contribution in [3.05, 3.63) is 11.4 Å². The molecule has 0 saturated carbocycles. The average molecular weight is 313 g/mol. The quantitative estimate of drug-likeness (QED) is 0.441. The number of hydrogen-bond acceptors (Lipinski definition) is 6. The second kappa shape index (κ2) is 9.07. The van der Waals surface area contributed by atoms with Gasteiger partial charge in [0.2, 0.25) is 0 Å². The Labute approximate surface area is 132 Å². The molecule has 0 aliphatic heterocycles. The third-order valence-electron chi connectivity index (χ3n) is 2.66. The van der Waals surface area contributed by atoms with Crippen molar-refractivity contribution in [1.29, 1.82) is 0 Å². The van der Waals surface area contributed by atoms with Crippen molar-refractivity contribution in [2.75, 3.05) is 26.7 Å². The molecule has 0 bridgehead atoms. The number of aliphatic imine (C=N–C) groups is 1. The molecule has 0 rings (SSSR count). The molecule has 0 unspecified atom stereocenters. The Kier molecular flexibility index (Phi) is 8.22. The van der Waals surface area contributed by atoms with Crippen LogP contribution in [-0.4, -0.2) is 56.0 Å². The summed E-state index contributed by atoms with van der Waals surface area (Å²) in [6.45, 7) is 13.4. The van der Waals surface area contributed by atoms with Crippen LogP contribution in [0, 0.1) is 0 Å². The van der Waals surface area contributed by atoms with E-state index in [1.807, 2.05) is 0 Å². The number of carbonyl (C=O) groups excluding carboxylic acids is 2. The van der Waals surface area contributed by atoms with Crippen molar-refractivity contribution in [1.82, 2.24) is 10.2 Å². The molecule has 7 heteroatoms. The van der Waals surface area contributed by atoms with Gasteiger partial charge < -0.3 is 19.7 Å². The molecule has 7 nitrogen and oxygen atoms in total. The van der Waals surface area contributed by atoms with Gasteiger partial charge in [0.1, 0.15) is 5.60 Å². The van der Waals surface area contributed by atoms with Crippen molar-refractivity contribution >= 4 is 18.8 Å². The Morgan fingerprint density at radius 1 is 1.32 bits per heavy atom. The van der Waals surface area contributed by atoms with Crippen LogP contribution in [0.15, 0.2) is 16.4 Å². The van der Waals surface area contributed by atoms with Crippen molar-refractivity contribution in [2.45, 2.75) is 40.2 Å². The second-order valence-corrected chi connectivity index (χ2v) is 5.66. The summed E-state index contributed by atoms with van der Waals surface area (Å²) in [6, 6.07) is 0. The number of nitrogens with zero attached hydrogens (tertiary/aromatic N) is 2. The Morgan fingerprint density at radius 2 is 1.91 bits per heavy atom. The van der Waals surface area contributed by atoms with E-state index in [1.165, 1.54) is 0 Å². The minimum Gasteiger partial charge on any atom is -0.461 e. The van der Waals surface area contributed by atoms with Crippen LogP contribution in [0.2, 0.25) is 0 Å². The minimum absolute atomic E-state index is 0.168. The van der Waals surface area contributed by atoms with Crippen LogP contribution in [0.5, 0.6) is 0 Å². The number of ether oxygens (including phenoxy) is 2. The molecule has 1 amide bonds. The first-order chi connectivity index (χ1) is 10.1. The molecule has 0 aromatic rings. The van der Waals surface area contributed by atoms with Crippen LogP contribution in [0.3, 0.4) is 0 Å². The average Bonchev–Trinajstić information content (AvgIpc) is 2.37. The third kappa shape index (κ3) is 7.66. The minimum atomic E-state index is -0.532. The van der Waals surface area contributed by atoms with E-state index in [0.717, 1.165) is 0 Å². The normalized spacial score (nSPS) is 12.1. The molecule has 0 aliphatic rings. The Hall–Kier alpha value is -2.05. The van der Waals surface area contributed by atoms with E-state index in [-0.39, 0.29) is 12.3 Å². The van der Waals surface area contributed by atoms with Gasteiger partial charge in [-0.25, -0.2) is 9.59 Å². The highest BCUT2D eigenvalue weighted by Crippen LogP contribution is 2.11. The summed E-state index contributed by atoms with van der Waals surface area (Å²) in [6.07, 6.45) is -0.477. The number of hydrogen-bond donors (Lipinski definition) is 1. The molecule has 0 fully saturated rings. The van der Waals surface area contributed by atoms with E-state index in [1.54, 1.807) is 46.6 Å². The number of esters is 1. The molecule has 0 aromatic carbocycles. The summed E-state index contributed by atoms with van der Waals surface area (Å²) in [5.74, 6) is -0.512. The molecular formula is C15H27N3O4. The Balaban J connectivity index is 4.52. The SMILES string of the molecule is C=N/C(C(=O)OCC)=C(/C)N(C)CCNC(=O)OC(C)(C)C. The summed E-state index contributed by atoms with van der Waals surface area (Å²) in [5.41, 5.74) is 0.261. The van der Waals surface area contributed by atoms with Gasteiger partial charge in [0.05, 0.1) is 6.61 Å². The van der Waals surface area contributed by atoms with Gasteiger partial charge in [0, 0.05) is 25.8 Å². The van der Waals surface area contributed by atoms with Gasteiger partial charge in [0.25, 0.3) is 0 Å². The number of alkyl carbamates (subject to hydrolysis) is 1. The lowest BCUT2D eigenvalue weighted by Crippen LogP contribution is -2.36. The maximum absolute atomic E-state index is 11.7. The highest BCUT2D eigenvalue weighted by atomic mass is 16.6. The summed E-state index contributed by atoms with van der Waals surface area (Å²) in [7, 11) is 1.79. The molecular weight excluding hydrogens is 286 g/mol. The predicted molar refractivity (Wildman–Crippen MR) is 85.7 cm³/mol. The van der Waals surface area contributed by atoms with E-state index >= 15 is 0 Å². The summed E-state index contributed by atoms with van der Waals surface area (Å²) in [4.78, 5) is 28.8. The van der Waals surface area contributed by atoms with Crippen LogP contribution < -0.4 is 5.32 Å². The first kappa shape index (κ1) is 19.9. The molecule has 0 aliphatic carbocycles. The molecule has 1 N–H and O–H groups in total. The van der Waals surface area contributed by atoms with Gasteiger partial charge in [-0.15, -0.1) is 0 Å². The van der Waals surface area contributed by atoms with Gasteiger partial charge in [-0.05, 0) is 41.3 Å². The van der Waals surface area contributed by atoms with E-state index in [9.17, 15) is 9.59 Å². The maximum atomic E-state index is 11.7. The first-order valence-corrected chi connectivity index (χ1v) is 7.15. The lowest BCUT2D eigenvalue weighted by Gasteiger charge is -2.23. The first-order valence-electron chi connectivity index (χ1n) is 7.15. The molecule has 126 valence electrons. The highest BCUT2D eigenvalue weighted by Gasteiger charge is 2.17. The van der Waals surface area contributed by atoms with Crippen LogP contribution in [-0.2, 0) is 14.3 Å². The topological polar surface area (TPSA) is 80.2 Å². The molecule has 22 heavy (non-hydrogen) atoms. The van der Waals surface area contributed by atoms with Crippen LogP contribution in [0.4, 0.5) is 4.79 Å². The second-order valence-electron chi connectivity index (χ2n) is 5.66. The zero-order valence-electron chi connectivity index (χ0n) is 14.4. The predicted octanol–water partition coefficient (Wildman–Crippen LogP) is 1.94. The fraction of sp³-hybridized carbons (Fsp3) is 0.667. The number of allylic oxidation sites excluding steroid dienone is 1. The number of amides is 1. The van der Waals surface area contributed by atoms with Crippen molar-refractivity contribution in [3.63, 3.8) is 0 Å². The van der Waals surface area contributed by atoms with Crippen molar-refractivity contribution in [3.8, 4) is 0 Å². The van der Waals surface area contributed by atoms with E-state index < -0.39 is 17.7 Å². The van der Waals surface area contributed by atoms with Crippen LogP contribution >= 0.6 is 0 Å². The maximum Gasteiger partial charge on any atom is 0.407 e. The smallest absolute Gasteiger partial charge is 0.407 e. The van der Waals surface area contributed by atoms with Gasteiger partial charge in [-0.1, -0.05) is 0 Å². The molecule has 0 aromatic heterocycles. The van der Waals surface area contributed by atoms with Gasteiger partial charge in [0.15, 0.2) is 5.70 Å². The number of carbonyl (C=O) groups is 2. The summed E-state index contributed by atoms with van der Waals surface area (Å²) in [5, 5.41) is 2.65. The van der Waals surface area contributed by atoms with Gasteiger partial charge >= 0.3 is 12.1 Å². The monoisotopic (exact) mass is 313 g/mol. The lowest BCUT2D eigenvalue weighted by molar-refractivity contribution is -0.138. The van der Waals surface area contributed by atoms with Crippen LogP contribution in [0.1, 0.15) is 34.6 Å². The van der Waals surface area contributed by atoms with Crippen LogP contribution in [0.25, 0.3) is 0 Å². The fourth-order valence-corrected chi connectivity index (χ4v) is 1.51. The fourth-order valence-electron chi connectivity index (χ4n) is 1.51. The number of likely N-dealkylation sites (N-methyl/N-ethyl adjacent to an activating group) is 1.